The van der Waals surface area contributed by atoms with Gasteiger partial charge < -0.3 is 9.47 Å². The molecule has 11 rings (SSSR count). The molecule has 11 aromatic rings. The molecule has 1 heterocycles. The quantitative estimate of drug-likeness (QED) is 0.141. The Morgan fingerprint density at radius 3 is 1.19 bits per heavy atom. The topological polar surface area (TPSA) is 8.17 Å². The van der Waals surface area contributed by atoms with Gasteiger partial charge in [0.15, 0.2) is 0 Å². The minimum atomic E-state index is 1.09. The molecule has 0 aliphatic rings. The second kappa shape index (κ2) is 16.1. The van der Waals surface area contributed by atoms with Crippen LogP contribution in [0.2, 0.25) is 0 Å². The number of fused-ring (bicyclic) bond motifs is 3. The summed E-state index contributed by atoms with van der Waals surface area (Å²) in [7, 11) is 0. The van der Waals surface area contributed by atoms with E-state index in [4.69, 9.17) is 0 Å². The van der Waals surface area contributed by atoms with Gasteiger partial charge in [-0.15, -0.1) is 0 Å². The lowest BCUT2D eigenvalue weighted by atomic mass is 9.90. The maximum absolute atomic E-state index is 2.40. The summed E-state index contributed by atoms with van der Waals surface area (Å²) in [6, 6.07) is 92.0. The molecule has 0 aliphatic carbocycles. The van der Waals surface area contributed by atoms with Crippen LogP contribution in [0.5, 0.6) is 0 Å². The van der Waals surface area contributed by atoms with E-state index in [1.165, 1.54) is 71.9 Å². The van der Waals surface area contributed by atoms with Crippen molar-refractivity contribution in [2.24, 2.45) is 0 Å². The summed E-state index contributed by atoms with van der Waals surface area (Å²) in [6.07, 6.45) is 0. The average molecular weight is 791 g/mol. The van der Waals surface area contributed by atoms with Crippen LogP contribution in [0.3, 0.4) is 0 Å². The number of hydrogen-bond acceptors (Lipinski definition) is 1. The molecule has 0 fully saturated rings. The molecule has 10 aromatic carbocycles. The van der Waals surface area contributed by atoms with Crippen molar-refractivity contribution in [2.45, 2.75) is 0 Å². The van der Waals surface area contributed by atoms with Crippen molar-refractivity contribution in [1.82, 2.24) is 4.57 Å². The van der Waals surface area contributed by atoms with Gasteiger partial charge in [-0.1, -0.05) is 188 Å². The van der Waals surface area contributed by atoms with Crippen LogP contribution in [-0.4, -0.2) is 4.57 Å². The van der Waals surface area contributed by atoms with Crippen molar-refractivity contribution in [3.63, 3.8) is 0 Å². The Hall–Kier alpha value is -8.20. The normalized spacial score (nSPS) is 11.2. The smallest absolute Gasteiger partial charge is 0.0547 e. The van der Waals surface area contributed by atoms with Gasteiger partial charge in [0.1, 0.15) is 0 Å². The average Bonchev–Trinajstić information content (AvgIpc) is 3.69. The number of anilines is 3. The van der Waals surface area contributed by atoms with Gasteiger partial charge in [-0.2, -0.15) is 0 Å². The zero-order valence-corrected chi connectivity index (χ0v) is 34.1. The summed E-state index contributed by atoms with van der Waals surface area (Å²) in [4.78, 5) is 2.35. The third-order valence-corrected chi connectivity index (χ3v) is 12.0. The predicted molar refractivity (Wildman–Crippen MR) is 263 cm³/mol. The molecule has 0 saturated heterocycles. The number of hydrogen-bond donors (Lipinski definition) is 0. The largest absolute Gasteiger partial charge is 0.311 e. The molecule has 292 valence electrons. The summed E-state index contributed by atoms with van der Waals surface area (Å²) in [5.74, 6) is 0. The highest BCUT2D eigenvalue weighted by molar-refractivity contribution is 6.10. The van der Waals surface area contributed by atoms with Crippen molar-refractivity contribution >= 4 is 38.9 Å². The Morgan fingerprint density at radius 1 is 0.242 bits per heavy atom. The lowest BCUT2D eigenvalue weighted by Crippen LogP contribution is -2.09. The SMILES string of the molecule is c1ccc(-c2ccc(N(c3ccc(-c4ccccc4)cc3)c3ccc(-c4ccc(-c5ccccc5)cc4-c4ccc5c6ccccc6n(-c6ccccc6)c5c4)cc3)cc2)cc1. The molecule has 2 heteroatoms. The molecular formula is C60H42N2. The molecule has 2 nitrogen and oxygen atoms in total. The van der Waals surface area contributed by atoms with Crippen molar-refractivity contribution in [1.29, 1.82) is 0 Å². The fourth-order valence-electron chi connectivity index (χ4n) is 8.94. The minimum Gasteiger partial charge on any atom is -0.311 e. The Balaban J connectivity index is 1.03. The van der Waals surface area contributed by atoms with Gasteiger partial charge in [-0.25, -0.2) is 0 Å². The molecule has 62 heavy (non-hydrogen) atoms. The number of rotatable bonds is 9. The van der Waals surface area contributed by atoms with Gasteiger partial charge in [0, 0.05) is 33.5 Å². The molecule has 1 aromatic heterocycles. The van der Waals surface area contributed by atoms with E-state index in [1.54, 1.807) is 0 Å². The molecule has 0 spiro atoms. The molecule has 0 radical (unpaired) electrons. The van der Waals surface area contributed by atoms with Crippen molar-refractivity contribution in [3.05, 3.63) is 255 Å². The molecule has 0 unspecified atom stereocenters. The van der Waals surface area contributed by atoms with Gasteiger partial charge in [0.2, 0.25) is 0 Å². The van der Waals surface area contributed by atoms with Crippen LogP contribution in [0.15, 0.2) is 255 Å². The van der Waals surface area contributed by atoms with Crippen LogP contribution in [0, 0.1) is 0 Å². The highest BCUT2D eigenvalue weighted by atomic mass is 15.1. The first kappa shape index (κ1) is 36.8. The monoisotopic (exact) mass is 790 g/mol. The van der Waals surface area contributed by atoms with E-state index in [1.807, 2.05) is 0 Å². The zero-order valence-electron chi connectivity index (χ0n) is 34.1. The highest BCUT2D eigenvalue weighted by Gasteiger charge is 2.18. The molecule has 0 saturated carbocycles. The van der Waals surface area contributed by atoms with Crippen LogP contribution in [0.1, 0.15) is 0 Å². The molecular weight excluding hydrogens is 749 g/mol. The van der Waals surface area contributed by atoms with Gasteiger partial charge in [0.25, 0.3) is 0 Å². The summed E-state index contributed by atoms with van der Waals surface area (Å²) in [5, 5.41) is 2.49. The van der Waals surface area contributed by atoms with E-state index in [-0.39, 0.29) is 0 Å². The Bertz CT molecular complexity index is 3200. The number of nitrogens with zero attached hydrogens (tertiary/aromatic N) is 2. The van der Waals surface area contributed by atoms with E-state index in [0.717, 1.165) is 28.3 Å². The van der Waals surface area contributed by atoms with E-state index in [2.05, 4.69) is 264 Å². The van der Waals surface area contributed by atoms with Crippen molar-refractivity contribution < 1.29 is 0 Å². The number of benzene rings is 10. The fraction of sp³-hybridized carbons (Fsp3) is 0. The standard InChI is InChI=1S/C60H42N2/c1-5-15-43(16-6-1)46-25-33-52(34-26-46)61(53-35-27-47(28-36-53)44-17-7-2-8-18-44)54-37-29-48(30-38-54)55-39-31-49(45-19-9-3-10-20-45)41-58(55)50-32-40-57-56-23-13-14-24-59(56)62(60(57)42-50)51-21-11-4-12-22-51/h1-42H. The van der Waals surface area contributed by atoms with E-state index < -0.39 is 0 Å². The first-order valence-corrected chi connectivity index (χ1v) is 21.3. The second-order valence-electron chi connectivity index (χ2n) is 15.8. The molecule has 0 bridgehead atoms. The lowest BCUT2D eigenvalue weighted by molar-refractivity contribution is 1.18. The van der Waals surface area contributed by atoms with Crippen LogP contribution in [-0.2, 0) is 0 Å². The summed E-state index contributed by atoms with van der Waals surface area (Å²) < 4.78 is 2.40. The van der Waals surface area contributed by atoms with Crippen molar-refractivity contribution in [3.8, 4) is 61.3 Å². The maximum Gasteiger partial charge on any atom is 0.0547 e. The van der Waals surface area contributed by atoms with Crippen LogP contribution in [0.4, 0.5) is 17.1 Å². The number of para-hydroxylation sites is 2. The van der Waals surface area contributed by atoms with Gasteiger partial charge in [-0.3, -0.25) is 0 Å². The minimum absolute atomic E-state index is 1.09. The van der Waals surface area contributed by atoms with Crippen LogP contribution >= 0.6 is 0 Å². The van der Waals surface area contributed by atoms with E-state index in [9.17, 15) is 0 Å². The third kappa shape index (κ3) is 6.94. The predicted octanol–water partition coefficient (Wildman–Crippen LogP) is 16.6. The van der Waals surface area contributed by atoms with E-state index in [0.29, 0.717) is 0 Å². The lowest BCUT2D eigenvalue weighted by Gasteiger charge is -2.26. The first-order chi connectivity index (χ1) is 30.7. The highest BCUT2D eigenvalue weighted by Crippen LogP contribution is 2.42. The summed E-state index contributed by atoms with van der Waals surface area (Å²) in [6.45, 7) is 0. The fourth-order valence-corrected chi connectivity index (χ4v) is 8.94. The number of aromatic nitrogens is 1. The van der Waals surface area contributed by atoms with Crippen molar-refractivity contribution in [2.75, 3.05) is 4.90 Å². The third-order valence-electron chi connectivity index (χ3n) is 12.0. The molecule has 0 N–H and O–H groups in total. The first-order valence-electron chi connectivity index (χ1n) is 21.3. The second-order valence-corrected chi connectivity index (χ2v) is 15.8. The van der Waals surface area contributed by atoms with Gasteiger partial charge in [-0.05, 0) is 122 Å². The Labute approximate surface area is 362 Å². The van der Waals surface area contributed by atoms with E-state index >= 15 is 0 Å². The van der Waals surface area contributed by atoms with Gasteiger partial charge in [0.05, 0.1) is 11.0 Å². The zero-order chi connectivity index (χ0) is 41.2. The Morgan fingerprint density at radius 2 is 0.645 bits per heavy atom. The molecule has 0 atom stereocenters. The molecule has 0 aliphatic heterocycles. The summed E-state index contributed by atoms with van der Waals surface area (Å²) >= 11 is 0. The Kier molecular flexibility index (Phi) is 9.57. The van der Waals surface area contributed by atoms with Gasteiger partial charge >= 0.3 is 0 Å². The van der Waals surface area contributed by atoms with Crippen LogP contribution in [0.25, 0.3) is 83.1 Å². The van der Waals surface area contributed by atoms with Crippen LogP contribution < -0.4 is 4.90 Å². The summed E-state index contributed by atoms with van der Waals surface area (Å²) in [5.41, 5.74) is 18.7. The molecule has 0 amide bonds. The maximum atomic E-state index is 2.40.